The first kappa shape index (κ1) is 12.6. The van der Waals surface area contributed by atoms with Crippen molar-refractivity contribution in [3.8, 4) is 0 Å². The van der Waals surface area contributed by atoms with Crippen LogP contribution in [-0.2, 0) is 21.6 Å². The minimum atomic E-state index is -1.30. The Labute approximate surface area is 123 Å². The van der Waals surface area contributed by atoms with E-state index in [4.69, 9.17) is 4.74 Å². The Kier molecular flexibility index (Phi) is 2.66. The maximum atomic E-state index is 12.2. The normalized spacial score (nSPS) is 30.4. The summed E-state index contributed by atoms with van der Waals surface area (Å²) in [6.45, 7) is 0.396. The molecule has 0 bridgehead atoms. The summed E-state index contributed by atoms with van der Waals surface area (Å²) in [6.07, 6.45) is 0.779. The lowest BCUT2D eigenvalue weighted by molar-refractivity contribution is -0.148. The highest BCUT2D eigenvalue weighted by Gasteiger charge is 2.56. The maximum Gasteiger partial charge on any atom is 0.313 e. The average molecular weight is 280 g/mol. The highest BCUT2D eigenvalue weighted by molar-refractivity contribution is 5.78. The smallest absolute Gasteiger partial charge is 0.313 e. The van der Waals surface area contributed by atoms with Gasteiger partial charge in [0.05, 0.1) is 6.61 Å². The Morgan fingerprint density at radius 2 is 1.76 bits per heavy atom. The fraction of sp³-hybridized carbons (Fsp3) is 0.278. The third-order valence-corrected chi connectivity index (χ3v) is 4.74. The van der Waals surface area contributed by atoms with Crippen molar-refractivity contribution in [1.29, 1.82) is 0 Å². The molecule has 0 amide bonds. The van der Waals surface area contributed by atoms with Crippen LogP contribution in [0.15, 0.2) is 54.6 Å². The van der Waals surface area contributed by atoms with Crippen LogP contribution in [0, 0.1) is 11.8 Å². The van der Waals surface area contributed by atoms with Gasteiger partial charge in [-0.05, 0) is 23.1 Å². The molecular formula is C18H16O3. The van der Waals surface area contributed by atoms with Crippen LogP contribution < -0.4 is 0 Å². The number of esters is 1. The fourth-order valence-corrected chi connectivity index (χ4v) is 3.80. The van der Waals surface area contributed by atoms with Crippen molar-refractivity contribution in [2.45, 2.75) is 12.0 Å². The largest absolute Gasteiger partial charge is 0.465 e. The molecule has 0 aromatic heterocycles. The van der Waals surface area contributed by atoms with E-state index < -0.39 is 11.5 Å². The van der Waals surface area contributed by atoms with E-state index >= 15 is 0 Å². The molecule has 1 heterocycles. The monoisotopic (exact) mass is 280 g/mol. The number of rotatable bonds is 1. The molecule has 2 aromatic carbocycles. The van der Waals surface area contributed by atoms with Crippen molar-refractivity contribution in [2.75, 3.05) is 6.61 Å². The van der Waals surface area contributed by atoms with E-state index in [-0.39, 0.29) is 11.9 Å². The molecule has 1 N–H and O–H groups in total. The van der Waals surface area contributed by atoms with Gasteiger partial charge in [-0.2, -0.15) is 0 Å². The summed E-state index contributed by atoms with van der Waals surface area (Å²) in [4.78, 5) is 12.2. The first-order valence-electron chi connectivity index (χ1n) is 7.24. The van der Waals surface area contributed by atoms with Gasteiger partial charge in [0.25, 0.3) is 0 Å². The summed E-state index contributed by atoms with van der Waals surface area (Å²) in [7, 11) is 0. The number of carbonyl (C=O) groups excluding carboxylic acids is 1. The van der Waals surface area contributed by atoms with E-state index in [9.17, 15) is 9.90 Å². The van der Waals surface area contributed by atoms with E-state index in [1.165, 1.54) is 0 Å². The Morgan fingerprint density at radius 3 is 2.57 bits per heavy atom. The Morgan fingerprint density at radius 1 is 1.05 bits per heavy atom. The first-order chi connectivity index (χ1) is 10.2. The van der Waals surface area contributed by atoms with Gasteiger partial charge in [-0.3, -0.25) is 4.79 Å². The lowest BCUT2D eigenvalue weighted by Crippen LogP contribution is -2.46. The second kappa shape index (κ2) is 4.43. The van der Waals surface area contributed by atoms with Crippen molar-refractivity contribution in [3.05, 3.63) is 71.3 Å². The molecule has 0 spiro atoms. The number of benzene rings is 2. The zero-order valence-electron chi connectivity index (χ0n) is 11.5. The molecule has 0 radical (unpaired) electrons. The quantitative estimate of drug-likeness (QED) is 0.815. The van der Waals surface area contributed by atoms with Gasteiger partial charge in [-0.1, -0.05) is 54.6 Å². The predicted molar refractivity (Wildman–Crippen MR) is 77.5 cm³/mol. The summed E-state index contributed by atoms with van der Waals surface area (Å²) in [6, 6.07) is 17.3. The molecule has 106 valence electrons. The van der Waals surface area contributed by atoms with Crippen molar-refractivity contribution in [2.24, 2.45) is 11.8 Å². The van der Waals surface area contributed by atoms with Gasteiger partial charge in [0.15, 0.2) is 0 Å². The van der Waals surface area contributed by atoms with E-state index in [0.29, 0.717) is 6.61 Å². The zero-order valence-corrected chi connectivity index (χ0v) is 11.5. The number of carbonyl (C=O) groups is 1. The van der Waals surface area contributed by atoms with Crippen molar-refractivity contribution in [1.82, 2.24) is 0 Å². The van der Waals surface area contributed by atoms with Gasteiger partial charge >= 0.3 is 5.97 Å². The highest BCUT2D eigenvalue weighted by atomic mass is 16.5. The molecule has 0 saturated carbocycles. The summed E-state index contributed by atoms with van der Waals surface area (Å²) >= 11 is 0. The molecule has 3 heteroatoms. The molecule has 2 aliphatic rings. The molecule has 3 atom stereocenters. The summed E-state index contributed by atoms with van der Waals surface area (Å²) in [5.74, 6) is -0.770. The summed E-state index contributed by atoms with van der Waals surface area (Å²) < 4.78 is 5.25. The molecule has 1 aliphatic carbocycles. The Hall–Kier alpha value is -2.13. The highest BCUT2D eigenvalue weighted by Crippen LogP contribution is 2.49. The van der Waals surface area contributed by atoms with E-state index in [2.05, 4.69) is 0 Å². The van der Waals surface area contributed by atoms with Crippen LogP contribution in [0.1, 0.15) is 16.7 Å². The van der Waals surface area contributed by atoms with Gasteiger partial charge in [-0.25, -0.2) is 0 Å². The predicted octanol–water partition coefficient (Wildman–Crippen LogP) is 2.27. The van der Waals surface area contributed by atoms with Crippen LogP contribution in [0.5, 0.6) is 0 Å². The second-order valence-electron chi connectivity index (χ2n) is 5.86. The van der Waals surface area contributed by atoms with Crippen molar-refractivity contribution < 1.29 is 14.6 Å². The lowest BCUT2D eigenvalue weighted by atomic mass is 9.64. The Balaban J connectivity index is 1.98. The maximum absolute atomic E-state index is 12.2. The van der Waals surface area contributed by atoms with Gasteiger partial charge in [0.2, 0.25) is 0 Å². The number of hydrogen-bond donors (Lipinski definition) is 1. The fourth-order valence-electron chi connectivity index (χ4n) is 3.80. The molecule has 21 heavy (non-hydrogen) atoms. The van der Waals surface area contributed by atoms with E-state index in [1.54, 1.807) is 0 Å². The van der Waals surface area contributed by atoms with Crippen LogP contribution in [0.3, 0.4) is 0 Å². The molecule has 3 nitrogen and oxygen atoms in total. The van der Waals surface area contributed by atoms with Gasteiger partial charge in [0, 0.05) is 5.92 Å². The van der Waals surface area contributed by atoms with Crippen LogP contribution >= 0.6 is 0 Å². The molecule has 4 rings (SSSR count). The third-order valence-electron chi connectivity index (χ3n) is 4.74. The number of ether oxygens (including phenoxy) is 1. The van der Waals surface area contributed by atoms with Crippen LogP contribution in [0.4, 0.5) is 0 Å². The van der Waals surface area contributed by atoms with E-state index in [0.717, 1.165) is 23.1 Å². The lowest BCUT2D eigenvalue weighted by Gasteiger charge is -2.41. The SMILES string of the molecule is O=C1OC[C@@H]2Cc3ccccc3[C@](O)(c3ccccc3)[C@@H]12. The van der Waals surface area contributed by atoms with Crippen LogP contribution in [0.2, 0.25) is 0 Å². The topological polar surface area (TPSA) is 46.5 Å². The third kappa shape index (κ3) is 1.67. The summed E-state index contributed by atoms with van der Waals surface area (Å²) in [5, 5.41) is 11.5. The first-order valence-corrected chi connectivity index (χ1v) is 7.24. The van der Waals surface area contributed by atoms with Crippen molar-refractivity contribution >= 4 is 5.97 Å². The standard InChI is InChI=1S/C18H16O3/c19-17-16-13(11-21-17)10-12-6-4-5-9-15(12)18(16,20)14-7-2-1-3-8-14/h1-9,13,16,20H,10-11H2/t13-,16+,18+/m0/s1. The van der Waals surface area contributed by atoms with E-state index in [1.807, 2.05) is 54.6 Å². The zero-order chi connectivity index (χ0) is 14.4. The molecule has 1 saturated heterocycles. The number of cyclic esters (lactones) is 1. The minimum Gasteiger partial charge on any atom is -0.465 e. The van der Waals surface area contributed by atoms with Gasteiger partial charge in [-0.15, -0.1) is 0 Å². The van der Waals surface area contributed by atoms with Crippen molar-refractivity contribution in [3.63, 3.8) is 0 Å². The van der Waals surface area contributed by atoms with Crippen LogP contribution in [0.25, 0.3) is 0 Å². The molecular weight excluding hydrogens is 264 g/mol. The number of hydrogen-bond acceptors (Lipinski definition) is 3. The molecule has 1 fully saturated rings. The number of aliphatic hydroxyl groups is 1. The second-order valence-corrected chi connectivity index (χ2v) is 5.86. The summed E-state index contributed by atoms with van der Waals surface area (Å²) in [5.41, 5.74) is 1.39. The molecule has 1 aliphatic heterocycles. The molecule has 0 unspecified atom stereocenters. The van der Waals surface area contributed by atoms with Gasteiger partial charge < -0.3 is 9.84 Å². The minimum absolute atomic E-state index is 0.0395. The average Bonchev–Trinajstić information content (AvgIpc) is 2.90. The molecule has 2 aromatic rings. The number of fused-ring (bicyclic) bond motifs is 2. The van der Waals surface area contributed by atoms with Gasteiger partial charge in [0.1, 0.15) is 11.5 Å². The van der Waals surface area contributed by atoms with Crippen LogP contribution in [-0.4, -0.2) is 17.7 Å². The Bertz CT molecular complexity index is 695.